The van der Waals surface area contributed by atoms with Gasteiger partial charge in [0.05, 0.1) is 4.83 Å². The lowest BCUT2D eigenvalue weighted by Gasteiger charge is -2.19. The zero-order valence-electron chi connectivity index (χ0n) is 10.7. The fourth-order valence-electron chi connectivity index (χ4n) is 2.26. The van der Waals surface area contributed by atoms with E-state index in [1.54, 1.807) is 0 Å². The van der Waals surface area contributed by atoms with Crippen molar-refractivity contribution < 1.29 is 4.79 Å². The second kappa shape index (κ2) is 6.23. The SMILES string of the molecule is CC(Br)C(=O)NCCCN1CCc2ccccc21. The van der Waals surface area contributed by atoms with E-state index in [0.717, 1.165) is 32.5 Å². The van der Waals surface area contributed by atoms with Crippen LogP contribution in [-0.4, -0.2) is 30.4 Å². The van der Waals surface area contributed by atoms with Crippen LogP contribution in [0.2, 0.25) is 0 Å². The van der Waals surface area contributed by atoms with Crippen LogP contribution in [0.1, 0.15) is 18.9 Å². The number of halogens is 1. The lowest BCUT2D eigenvalue weighted by atomic mass is 10.2. The van der Waals surface area contributed by atoms with Crippen molar-refractivity contribution in [2.45, 2.75) is 24.6 Å². The number of alkyl halides is 1. The van der Waals surface area contributed by atoms with Gasteiger partial charge in [0.1, 0.15) is 0 Å². The highest BCUT2D eigenvalue weighted by molar-refractivity contribution is 9.10. The molecule has 0 bridgehead atoms. The fraction of sp³-hybridized carbons (Fsp3) is 0.500. The van der Waals surface area contributed by atoms with Crippen LogP contribution < -0.4 is 10.2 Å². The molecule has 1 N–H and O–H groups in total. The third kappa shape index (κ3) is 3.25. The zero-order valence-corrected chi connectivity index (χ0v) is 12.2. The van der Waals surface area contributed by atoms with E-state index in [1.165, 1.54) is 11.3 Å². The first kappa shape index (κ1) is 13.4. The molecule has 98 valence electrons. The van der Waals surface area contributed by atoms with E-state index in [4.69, 9.17) is 0 Å². The summed E-state index contributed by atoms with van der Waals surface area (Å²) in [4.78, 5) is 13.7. The van der Waals surface area contributed by atoms with Crippen LogP contribution in [0.25, 0.3) is 0 Å². The average molecular weight is 311 g/mol. The van der Waals surface area contributed by atoms with E-state index in [0.29, 0.717) is 0 Å². The number of fused-ring (bicyclic) bond motifs is 1. The lowest BCUT2D eigenvalue weighted by Crippen LogP contribution is -2.32. The Kier molecular flexibility index (Phi) is 4.64. The quantitative estimate of drug-likeness (QED) is 0.669. The summed E-state index contributed by atoms with van der Waals surface area (Å²) in [7, 11) is 0. The van der Waals surface area contributed by atoms with Crippen LogP contribution in [0.15, 0.2) is 24.3 Å². The number of hydrogen-bond donors (Lipinski definition) is 1. The number of rotatable bonds is 5. The van der Waals surface area contributed by atoms with Crippen molar-refractivity contribution >= 4 is 27.5 Å². The Morgan fingerprint density at radius 3 is 3.06 bits per heavy atom. The molecule has 0 aromatic heterocycles. The molecule has 1 aromatic carbocycles. The first-order chi connectivity index (χ1) is 8.68. The predicted molar refractivity (Wildman–Crippen MR) is 78.4 cm³/mol. The number of para-hydroxylation sites is 1. The van der Waals surface area contributed by atoms with Gasteiger partial charge in [-0.25, -0.2) is 0 Å². The average Bonchev–Trinajstić information content (AvgIpc) is 2.77. The second-order valence-electron chi connectivity index (χ2n) is 4.63. The maximum Gasteiger partial charge on any atom is 0.233 e. The van der Waals surface area contributed by atoms with E-state index in [9.17, 15) is 4.79 Å². The van der Waals surface area contributed by atoms with Crippen molar-refractivity contribution in [1.29, 1.82) is 0 Å². The Morgan fingerprint density at radius 1 is 1.50 bits per heavy atom. The largest absolute Gasteiger partial charge is 0.371 e. The van der Waals surface area contributed by atoms with Crippen molar-refractivity contribution in [3.8, 4) is 0 Å². The minimum atomic E-state index is -0.106. The zero-order chi connectivity index (χ0) is 13.0. The van der Waals surface area contributed by atoms with Crippen molar-refractivity contribution in [2.24, 2.45) is 0 Å². The summed E-state index contributed by atoms with van der Waals surface area (Å²) in [5.74, 6) is 0.0665. The standard InChI is InChI=1S/C14H19BrN2O/c1-11(15)14(18)16-8-4-9-17-10-7-12-5-2-3-6-13(12)17/h2-3,5-6,11H,4,7-10H2,1H3,(H,16,18). The minimum Gasteiger partial charge on any atom is -0.371 e. The van der Waals surface area contributed by atoms with Crippen LogP contribution >= 0.6 is 15.9 Å². The highest BCUT2D eigenvalue weighted by Gasteiger charge is 2.17. The van der Waals surface area contributed by atoms with E-state index >= 15 is 0 Å². The normalized spacial score (nSPS) is 15.3. The van der Waals surface area contributed by atoms with Gasteiger partial charge in [0.25, 0.3) is 0 Å². The summed E-state index contributed by atoms with van der Waals surface area (Å²) in [6, 6.07) is 8.57. The van der Waals surface area contributed by atoms with Crippen molar-refractivity contribution in [3.05, 3.63) is 29.8 Å². The molecule has 0 saturated heterocycles. The van der Waals surface area contributed by atoms with E-state index in [1.807, 2.05) is 6.92 Å². The Morgan fingerprint density at radius 2 is 2.28 bits per heavy atom. The topological polar surface area (TPSA) is 32.3 Å². The molecule has 0 spiro atoms. The fourth-order valence-corrected chi connectivity index (χ4v) is 2.42. The number of amides is 1. The molecule has 1 aliphatic heterocycles. The summed E-state index contributed by atoms with van der Waals surface area (Å²) >= 11 is 3.26. The molecule has 2 rings (SSSR count). The molecule has 1 aliphatic rings. The third-order valence-corrected chi connectivity index (χ3v) is 3.66. The first-order valence-electron chi connectivity index (χ1n) is 6.43. The molecule has 4 heteroatoms. The molecule has 0 fully saturated rings. The van der Waals surface area contributed by atoms with Crippen LogP contribution in [0.5, 0.6) is 0 Å². The summed E-state index contributed by atoms with van der Waals surface area (Å²) in [6.07, 6.45) is 2.13. The Balaban J connectivity index is 1.74. The lowest BCUT2D eigenvalue weighted by molar-refractivity contribution is -0.120. The number of anilines is 1. The van der Waals surface area contributed by atoms with Gasteiger partial charge in [0.15, 0.2) is 0 Å². The Bertz CT molecular complexity index is 420. The van der Waals surface area contributed by atoms with Gasteiger partial charge in [0.2, 0.25) is 5.91 Å². The molecule has 1 atom stereocenters. The highest BCUT2D eigenvalue weighted by Crippen LogP contribution is 2.27. The smallest absolute Gasteiger partial charge is 0.233 e. The molecule has 1 heterocycles. The Labute approximate surface area is 117 Å². The molecule has 0 radical (unpaired) electrons. The summed E-state index contributed by atoms with van der Waals surface area (Å²) in [5.41, 5.74) is 2.80. The number of nitrogens with zero attached hydrogens (tertiary/aromatic N) is 1. The predicted octanol–water partition coefficient (Wildman–Crippen LogP) is 2.34. The highest BCUT2D eigenvalue weighted by atomic mass is 79.9. The van der Waals surface area contributed by atoms with Crippen molar-refractivity contribution in [1.82, 2.24) is 5.32 Å². The van der Waals surface area contributed by atoms with Crippen LogP contribution in [0.4, 0.5) is 5.69 Å². The molecule has 1 unspecified atom stereocenters. The third-order valence-electron chi connectivity index (χ3n) is 3.25. The van der Waals surface area contributed by atoms with Gasteiger partial charge in [0, 0.05) is 25.3 Å². The van der Waals surface area contributed by atoms with Crippen molar-refractivity contribution in [2.75, 3.05) is 24.5 Å². The van der Waals surface area contributed by atoms with E-state index < -0.39 is 0 Å². The summed E-state index contributed by atoms with van der Waals surface area (Å²) in [5, 5.41) is 2.92. The molecule has 3 nitrogen and oxygen atoms in total. The van der Waals surface area contributed by atoms with Crippen LogP contribution in [0.3, 0.4) is 0 Å². The monoisotopic (exact) mass is 310 g/mol. The first-order valence-corrected chi connectivity index (χ1v) is 7.34. The molecular weight excluding hydrogens is 292 g/mol. The summed E-state index contributed by atoms with van der Waals surface area (Å²) in [6.45, 7) is 4.69. The van der Waals surface area contributed by atoms with Gasteiger partial charge in [-0.15, -0.1) is 0 Å². The van der Waals surface area contributed by atoms with Gasteiger partial charge >= 0.3 is 0 Å². The molecule has 0 saturated carbocycles. The number of benzene rings is 1. The maximum atomic E-state index is 11.4. The Hall–Kier alpha value is -1.03. The van der Waals surface area contributed by atoms with Crippen molar-refractivity contribution in [3.63, 3.8) is 0 Å². The molecule has 1 aromatic rings. The number of carbonyl (C=O) groups is 1. The molecular formula is C14H19BrN2O. The number of nitrogens with one attached hydrogen (secondary N) is 1. The number of hydrogen-bond acceptors (Lipinski definition) is 2. The maximum absolute atomic E-state index is 11.4. The van der Waals surface area contributed by atoms with E-state index in [2.05, 4.69) is 50.4 Å². The minimum absolute atomic E-state index is 0.0665. The molecule has 18 heavy (non-hydrogen) atoms. The second-order valence-corrected chi connectivity index (χ2v) is 6.00. The molecule has 1 amide bonds. The van der Waals surface area contributed by atoms with E-state index in [-0.39, 0.29) is 10.7 Å². The van der Waals surface area contributed by atoms with Gasteiger partial charge < -0.3 is 10.2 Å². The molecule has 0 aliphatic carbocycles. The van der Waals surface area contributed by atoms with Crippen LogP contribution in [-0.2, 0) is 11.2 Å². The van der Waals surface area contributed by atoms with Gasteiger partial charge in [-0.2, -0.15) is 0 Å². The summed E-state index contributed by atoms with van der Waals surface area (Å²) < 4.78 is 0. The van der Waals surface area contributed by atoms with Gasteiger partial charge in [-0.1, -0.05) is 34.1 Å². The van der Waals surface area contributed by atoms with Gasteiger partial charge in [-0.3, -0.25) is 4.79 Å². The number of carbonyl (C=O) groups excluding carboxylic acids is 1. The van der Waals surface area contributed by atoms with Gasteiger partial charge in [-0.05, 0) is 31.4 Å². The van der Waals surface area contributed by atoms with Crippen LogP contribution in [0, 0.1) is 0 Å².